The summed E-state index contributed by atoms with van der Waals surface area (Å²) in [7, 11) is 0. The Balaban J connectivity index is 1.44. The Morgan fingerprint density at radius 3 is 2.60 bits per heavy atom. The molecule has 25 heavy (non-hydrogen) atoms. The number of carbonyl (C=O) groups excluding carboxylic acids is 3. The van der Waals surface area contributed by atoms with Crippen molar-refractivity contribution in [2.45, 2.75) is 19.3 Å². The molecule has 3 saturated carbocycles. The molecule has 128 valence electrons. The zero-order valence-electron chi connectivity index (χ0n) is 13.4. The highest BCUT2D eigenvalue weighted by Gasteiger charge is 2.74. The van der Waals surface area contributed by atoms with Gasteiger partial charge in [-0.05, 0) is 61.3 Å². The van der Waals surface area contributed by atoms with Gasteiger partial charge in [-0.25, -0.2) is 0 Å². The van der Waals surface area contributed by atoms with Crippen LogP contribution < -0.4 is 5.43 Å². The van der Waals surface area contributed by atoms with Gasteiger partial charge in [0.05, 0.1) is 11.3 Å². The second-order valence-electron chi connectivity index (χ2n) is 7.55. The zero-order valence-corrected chi connectivity index (χ0v) is 15.0. The van der Waals surface area contributed by atoms with Gasteiger partial charge in [-0.3, -0.25) is 19.8 Å². The van der Waals surface area contributed by atoms with Crippen LogP contribution in [0.1, 0.15) is 29.6 Å². The maximum Gasteiger partial charge on any atom is 0.270 e. The Morgan fingerprint density at radius 1 is 1.16 bits per heavy atom. The number of nitrogens with zero attached hydrogens (tertiary/aromatic N) is 1. The summed E-state index contributed by atoms with van der Waals surface area (Å²) in [5.41, 5.74) is 2.36. The molecule has 4 bridgehead atoms. The lowest BCUT2D eigenvalue weighted by Gasteiger charge is -2.48. The Labute approximate surface area is 153 Å². The lowest BCUT2D eigenvalue weighted by Crippen LogP contribution is -2.53. The van der Waals surface area contributed by atoms with Gasteiger partial charge in [0, 0.05) is 10.0 Å². The van der Waals surface area contributed by atoms with E-state index in [9.17, 15) is 14.4 Å². The summed E-state index contributed by atoms with van der Waals surface area (Å²) in [6.45, 7) is 0. The smallest absolute Gasteiger partial charge is 0.270 e. The molecule has 1 aromatic carbocycles. The molecular weight excluding hydrogens is 384 g/mol. The number of benzene rings is 1. The monoisotopic (exact) mass is 400 g/mol. The van der Waals surface area contributed by atoms with Gasteiger partial charge in [0.2, 0.25) is 0 Å². The van der Waals surface area contributed by atoms with Crippen molar-refractivity contribution in [1.29, 1.82) is 0 Å². The Morgan fingerprint density at radius 2 is 1.92 bits per heavy atom. The van der Waals surface area contributed by atoms with E-state index in [0.717, 1.165) is 28.7 Å². The van der Waals surface area contributed by atoms with Gasteiger partial charge in [0.25, 0.3) is 17.7 Å². The minimum atomic E-state index is -0.615. The summed E-state index contributed by atoms with van der Waals surface area (Å²) < 4.78 is 0.863. The number of imide groups is 1. The van der Waals surface area contributed by atoms with Crippen molar-refractivity contribution in [1.82, 2.24) is 10.4 Å². The van der Waals surface area contributed by atoms with Gasteiger partial charge in [-0.2, -0.15) is 5.01 Å². The van der Waals surface area contributed by atoms with E-state index in [1.54, 1.807) is 24.3 Å². The second kappa shape index (κ2) is 5.04. The Kier molecular flexibility index (Phi) is 3.08. The molecule has 5 nitrogen and oxygen atoms in total. The highest BCUT2D eigenvalue weighted by atomic mass is 79.9. The number of halogens is 1. The standard InChI is InChI=1S/C19H17BrN2O3/c20-13-7-3-11(4-8-13)16(23)21-22-17(24)15-14-9-19(15,18(22)25)12-5-1-10(14)2-6-12/h1,3-5,7-8,10,12,14-15H,2,6,9H2,(H,21,23)/t10?,12?,14?,15-,19-/m1/s1. The molecule has 5 atom stereocenters. The molecule has 6 heteroatoms. The third kappa shape index (κ3) is 1.86. The fourth-order valence-corrected chi connectivity index (χ4v) is 5.63. The van der Waals surface area contributed by atoms with Gasteiger partial charge in [-0.15, -0.1) is 0 Å². The summed E-state index contributed by atoms with van der Waals surface area (Å²) >= 11 is 3.32. The quantitative estimate of drug-likeness (QED) is 0.612. The predicted octanol–water partition coefficient (Wildman–Crippen LogP) is 2.68. The first-order chi connectivity index (χ1) is 12.0. The molecule has 1 N–H and O–H groups in total. The van der Waals surface area contributed by atoms with Crippen molar-refractivity contribution in [3.8, 4) is 0 Å². The maximum atomic E-state index is 13.1. The highest BCUT2D eigenvalue weighted by Crippen LogP contribution is 2.68. The van der Waals surface area contributed by atoms with E-state index in [2.05, 4.69) is 33.5 Å². The first-order valence-corrected chi connectivity index (χ1v) is 9.45. The third-order valence-electron chi connectivity index (χ3n) is 6.58. The number of carbonyl (C=O) groups is 3. The van der Waals surface area contributed by atoms with Crippen LogP contribution in [-0.2, 0) is 9.59 Å². The van der Waals surface area contributed by atoms with Crippen molar-refractivity contribution >= 4 is 33.7 Å². The first kappa shape index (κ1) is 15.3. The molecule has 0 radical (unpaired) electrons. The molecule has 6 aliphatic carbocycles. The minimum Gasteiger partial charge on any atom is -0.272 e. The SMILES string of the molecule is O=C(NN1C(=O)[C@H]2C3C[C@@]2(C1=O)C1C=CC3CC1)c1ccc(Br)cc1. The fraction of sp³-hybridized carbons (Fsp3) is 0.421. The van der Waals surface area contributed by atoms with Gasteiger partial charge in [0.15, 0.2) is 0 Å². The molecule has 1 spiro atoms. The number of hydrogen-bond acceptors (Lipinski definition) is 3. The second-order valence-corrected chi connectivity index (χ2v) is 8.46. The molecule has 1 aromatic rings. The van der Waals surface area contributed by atoms with E-state index in [-0.39, 0.29) is 29.6 Å². The van der Waals surface area contributed by atoms with Gasteiger partial charge in [0.1, 0.15) is 0 Å². The van der Waals surface area contributed by atoms with Crippen LogP contribution in [0.3, 0.4) is 0 Å². The van der Waals surface area contributed by atoms with Crippen LogP contribution in [0.25, 0.3) is 0 Å². The van der Waals surface area contributed by atoms with E-state index in [1.165, 1.54) is 0 Å². The molecule has 8 rings (SSSR count). The van der Waals surface area contributed by atoms with Crippen molar-refractivity contribution in [2.75, 3.05) is 0 Å². The Bertz CT molecular complexity index is 834. The molecule has 7 aliphatic rings. The van der Waals surface area contributed by atoms with Crippen LogP contribution in [0.5, 0.6) is 0 Å². The molecule has 3 amide bonds. The normalized spacial score (nSPS) is 37.6. The average molecular weight is 401 g/mol. The summed E-state index contributed by atoms with van der Waals surface area (Å²) in [5, 5.41) is 1.00. The van der Waals surface area contributed by atoms with E-state index in [0.29, 0.717) is 11.5 Å². The molecular formula is C19H17BrN2O3. The molecule has 1 heterocycles. The van der Waals surface area contributed by atoms with E-state index in [1.807, 2.05) is 0 Å². The molecule has 3 unspecified atom stereocenters. The van der Waals surface area contributed by atoms with Crippen LogP contribution >= 0.6 is 15.9 Å². The topological polar surface area (TPSA) is 66.5 Å². The third-order valence-corrected chi connectivity index (χ3v) is 7.11. The minimum absolute atomic E-state index is 0.124. The Hall–Kier alpha value is -1.95. The van der Waals surface area contributed by atoms with Gasteiger partial charge < -0.3 is 0 Å². The number of hydrogen-bond donors (Lipinski definition) is 1. The number of hydrazine groups is 1. The largest absolute Gasteiger partial charge is 0.272 e. The maximum absolute atomic E-state index is 13.1. The number of amides is 3. The van der Waals surface area contributed by atoms with Gasteiger partial charge >= 0.3 is 0 Å². The van der Waals surface area contributed by atoms with Crippen LogP contribution in [-0.4, -0.2) is 22.7 Å². The summed E-state index contributed by atoms with van der Waals surface area (Å²) in [5.74, 6) is -0.379. The fourth-order valence-electron chi connectivity index (χ4n) is 5.37. The molecule has 1 saturated heterocycles. The van der Waals surface area contributed by atoms with Crippen LogP contribution in [0.15, 0.2) is 40.9 Å². The molecule has 4 fully saturated rings. The lowest BCUT2D eigenvalue weighted by molar-refractivity contribution is -0.149. The van der Waals surface area contributed by atoms with Gasteiger partial charge in [-0.1, -0.05) is 28.1 Å². The van der Waals surface area contributed by atoms with Crippen molar-refractivity contribution < 1.29 is 14.4 Å². The van der Waals surface area contributed by atoms with Crippen molar-refractivity contribution in [3.63, 3.8) is 0 Å². The lowest BCUT2D eigenvalue weighted by atomic mass is 9.50. The summed E-state index contributed by atoms with van der Waals surface area (Å²) in [6, 6.07) is 6.83. The van der Waals surface area contributed by atoms with E-state index in [4.69, 9.17) is 0 Å². The number of allylic oxidation sites excluding steroid dienone is 2. The summed E-state index contributed by atoms with van der Waals surface area (Å²) in [6.07, 6.45) is 7.14. The number of rotatable bonds is 2. The molecule has 1 aliphatic heterocycles. The highest BCUT2D eigenvalue weighted by molar-refractivity contribution is 9.10. The van der Waals surface area contributed by atoms with E-state index >= 15 is 0 Å². The van der Waals surface area contributed by atoms with Crippen LogP contribution in [0, 0.1) is 29.1 Å². The average Bonchev–Trinajstić information content (AvgIpc) is 2.89. The molecule has 0 aromatic heterocycles. The summed E-state index contributed by atoms with van der Waals surface area (Å²) in [4.78, 5) is 38.5. The van der Waals surface area contributed by atoms with E-state index < -0.39 is 11.3 Å². The van der Waals surface area contributed by atoms with Crippen molar-refractivity contribution in [3.05, 3.63) is 46.5 Å². The predicted molar refractivity (Wildman–Crippen MR) is 92.8 cm³/mol. The first-order valence-electron chi connectivity index (χ1n) is 8.65. The van der Waals surface area contributed by atoms with Crippen LogP contribution in [0.4, 0.5) is 0 Å². The van der Waals surface area contributed by atoms with Crippen LogP contribution in [0.2, 0.25) is 0 Å². The number of nitrogens with one attached hydrogen (secondary N) is 1. The zero-order chi connectivity index (χ0) is 17.3. The van der Waals surface area contributed by atoms with Crippen molar-refractivity contribution in [2.24, 2.45) is 29.1 Å².